The molecule has 0 unspecified atom stereocenters. The molecule has 0 atom stereocenters. The molecule has 0 saturated carbocycles. The fraction of sp³-hybridized carbons (Fsp3) is 0.250. The van der Waals surface area contributed by atoms with Gasteiger partial charge in [0.1, 0.15) is 0 Å². The van der Waals surface area contributed by atoms with Gasteiger partial charge in [-0.3, -0.25) is 4.79 Å². The smallest absolute Gasteiger partial charge is 0.246 e. The van der Waals surface area contributed by atoms with Crippen LogP contribution in [0.3, 0.4) is 0 Å². The lowest BCUT2D eigenvalue weighted by Gasteiger charge is -2.29. The van der Waals surface area contributed by atoms with Crippen molar-refractivity contribution in [3.8, 4) is 0 Å². The first-order valence-electron chi connectivity index (χ1n) is 4.98. The first-order chi connectivity index (χ1) is 7.25. The molecule has 1 amide bonds. The molecule has 0 aliphatic carbocycles. The molecule has 1 heterocycles. The quantitative estimate of drug-likeness (QED) is 0.754. The lowest BCUT2D eigenvalue weighted by Crippen LogP contribution is -2.40. The molecule has 1 aliphatic rings. The number of benzene rings is 1. The highest BCUT2D eigenvalue weighted by Crippen LogP contribution is 2.12. The number of rotatable bonds is 2. The van der Waals surface area contributed by atoms with Crippen LogP contribution in [0.5, 0.6) is 0 Å². The van der Waals surface area contributed by atoms with E-state index in [9.17, 15) is 4.79 Å². The Kier molecular flexibility index (Phi) is 3.21. The van der Waals surface area contributed by atoms with Gasteiger partial charge < -0.3 is 4.90 Å². The Hall–Kier alpha value is -1.09. The van der Waals surface area contributed by atoms with E-state index in [1.54, 1.807) is 6.08 Å². The van der Waals surface area contributed by atoms with E-state index in [4.69, 9.17) is 0 Å². The van der Waals surface area contributed by atoms with Gasteiger partial charge in [-0.05, 0) is 30.2 Å². The molecule has 1 fully saturated rings. The van der Waals surface area contributed by atoms with Gasteiger partial charge in [0.15, 0.2) is 0 Å². The van der Waals surface area contributed by atoms with E-state index in [1.807, 2.05) is 35.2 Å². The average molecular weight is 266 g/mol. The van der Waals surface area contributed by atoms with E-state index in [2.05, 4.69) is 15.9 Å². The summed E-state index contributed by atoms with van der Waals surface area (Å²) in [6, 6.07) is 7.88. The molecular weight excluding hydrogens is 254 g/mol. The Morgan fingerprint density at radius 2 is 1.93 bits per heavy atom. The molecular formula is C12H12BrNO. The van der Waals surface area contributed by atoms with Crippen LogP contribution in [-0.2, 0) is 4.79 Å². The molecule has 1 saturated heterocycles. The zero-order valence-electron chi connectivity index (χ0n) is 8.32. The van der Waals surface area contributed by atoms with Crippen molar-refractivity contribution in [2.45, 2.75) is 6.42 Å². The van der Waals surface area contributed by atoms with E-state index in [-0.39, 0.29) is 5.91 Å². The van der Waals surface area contributed by atoms with Gasteiger partial charge >= 0.3 is 0 Å². The van der Waals surface area contributed by atoms with Crippen LogP contribution in [0.25, 0.3) is 6.08 Å². The van der Waals surface area contributed by atoms with Gasteiger partial charge in [-0.15, -0.1) is 0 Å². The van der Waals surface area contributed by atoms with Gasteiger partial charge in [0.2, 0.25) is 5.91 Å². The topological polar surface area (TPSA) is 20.3 Å². The Bertz CT molecular complexity index is 379. The van der Waals surface area contributed by atoms with Crippen LogP contribution in [0.4, 0.5) is 0 Å². The van der Waals surface area contributed by atoms with E-state index in [0.717, 1.165) is 29.5 Å². The fourth-order valence-electron chi connectivity index (χ4n) is 1.38. The summed E-state index contributed by atoms with van der Waals surface area (Å²) in [4.78, 5) is 13.3. The van der Waals surface area contributed by atoms with Crippen LogP contribution >= 0.6 is 15.9 Å². The molecule has 3 heteroatoms. The third-order valence-corrected chi connectivity index (χ3v) is 2.98. The number of hydrogen-bond donors (Lipinski definition) is 0. The molecule has 15 heavy (non-hydrogen) atoms. The first-order valence-corrected chi connectivity index (χ1v) is 5.77. The zero-order valence-corrected chi connectivity index (χ0v) is 9.90. The van der Waals surface area contributed by atoms with Crippen molar-refractivity contribution in [3.05, 3.63) is 40.4 Å². The minimum absolute atomic E-state index is 0.115. The molecule has 0 aromatic heterocycles. The summed E-state index contributed by atoms with van der Waals surface area (Å²) >= 11 is 3.37. The molecule has 0 bridgehead atoms. The number of hydrogen-bond acceptors (Lipinski definition) is 1. The number of carbonyl (C=O) groups is 1. The van der Waals surface area contributed by atoms with Crippen LogP contribution in [0.15, 0.2) is 34.8 Å². The predicted octanol–water partition coefficient (Wildman–Crippen LogP) is 2.69. The minimum atomic E-state index is 0.115. The van der Waals surface area contributed by atoms with Gasteiger partial charge in [0, 0.05) is 23.6 Å². The predicted molar refractivity (Wildman–Crippen MR) is 64.4 cm³/mol. The maximum Gasteiger partial charge on any atom is 0.246 e. The second kappa shape index (κ2) is 4.62. The summed E-state index contributed by atoms with van der Waals surface area (Å²) in [5.74, 6) is 0.115. The van der Waals surface area contributed by atoms with Crippen molar-refractivity contribution < 1.29 is 4.79 Å². The minimum Gasteiger partial charge on any atom is -0.339 e. The van der Waals surface area contributed by atoms with Crippen molar-refractivity contribution in [1.82, 2.24) is 4.90 Å². The number of nitrogens with zero attached hydrogens (tertiary/aromatic N) is 1. The summed E-state index contributed by atoms with van der Waals surface area (Å²) in [6.07, 6.45) is 4.63. The highest BCUT2D eigenvalue weighted by atomic mass is 79.9. The Morgan fingerprint density at radius 3 is 2.47 bits per heavy atom. The second-order valence-electron chi connectivity index (χ2n) is 3.56. The van der Waals surface area contributed by atoms with E-state index in [0.29, 0.717) is 0 Å². The van der Waals surface area contributed by atoms with Crippen LogP contribution in [-0.4, -0.2) is 23.9 Å². The molecule has 1 aromatic rings. The maximum absolute atomic E-state index is 11.5. The highest BCUT2D eigenvalue weighted by molar-refractivity contribution is 9.10. The van der Waals surface area contributed by atoms with Crippen LogP contribution in [0, 0.1) is 0 Å². The molecule has 0 spiro atoms. The summed E-state index contributed by atoms with van der Waals surface area (Å²) in [5, 5.41) is 0. The molecule has 2 nitrogen and oxygen atoms in total. The zero-order chi connectivity index (χ0) is 10.7. The van der Waals surface area contributed by atoms with Crippen molar-refractivity contribution in [1.29, 1.82) is 0 Å². The summed E-state index contributed by atoms with van der Waals surface area (Å²) in [7, 11) is 0. The lowest BCUT2D eigenvalue weighted by molar-refractivity contribution is -0.129. The molecule has 78 valence electrons. The summed E-state index contributed by atoms with van der Waals surface area (Å²) < 4.78 is 1.05. The lowest BCUT2D eigenvalue weighted by atomic mass is 10.2. The normalized spacial score (nSPS) is 15.4. The Balaban J connectivity index is 1.98. The van der Waals surface area contributed by atoms with Gasteiger partial charge in [0.05, 0.1) is 0 Å². The maximum atomic E-state index is 11.5. The van der Waals surface area contributed by atoms with Gasteiger partial charge in [-0.25, -0.2) is 0 Å². The number of amides is 1. The molecule has 0 N–H and O–H groups in total. The second-order valence-corrected chi connectivity index (χ2v) is 4.48. The molecule has 1 aromatic carbocycles. The van der Waals surface area contributed by atoms with Gasteiger partial charge in [0.25, 0.3) is 0 Å². The molecule has 0 radical (unpaired) electrons. The standard InChI is InChI=1S/C12H12BrNO/c13-11-5-2-10(3-6-11)4-7-12(15)14-8-1-9-14/h2-7H,1,8-9H2. The third-order valence-electron chi connectivity index (χ3n) is 2.46. The fourth-order valence-corrected chi connectivity index (χ4v) is 1.65. The van der Waals surface area contributed by atoms with E-state index in [1.165, 1.54) is 0 Å². The van der Waals surface area contributed by atoms with Crippen molar-refractivity contribution in [3.63, 3.8) is 0 Å². The Labute approximate surface area is 97.7 Å². The van der Waals surface area contributed by atoms with Crippen LogP contribution in [0.2, 0.25) is 0 Å². The van der Waals surface area contributed by atoms with Gasteiger partial charge in [-0.1, -0.05) is 28.1 Å². The van der Waals surface area contributed by atoms with Crippen molar-refractivity contribution in [2.75, 3.05) is 13.1 Å². The van der Waals surface area contributed by atoms with Gasteiger partial charge in [-0.2, -0.15) is 0 Å². The summed E-state index contributed by atoms with van der Waals surface area (Å²) in [5.41, 5.74) is 1.05. The van der Waals surface area contributed by atoms with Crippen LogP contribution < -0.4 is 0 Å². The number of likely N-dealkylation sites (tertiary alicyclic amines) is 1. The highest BCUT2D eigenvalue weighted by Gasteiger charge is 2.17. The van der Waals surface area contributed by atoms with Crippen LogP contribution in [0.1, 0.15) is 12.0 Å². The van der Waals surface area contributed by atoms with E-state index < -0.39 is 0 Å². The molecule has 2 rings (SSSR count). The van der Waals surface area contributed by atoms with Crippen molar-refractivity contribution in [2.24, 2.45) is 0 Å². The number of halogens is 1. The SMILES string of the molecule is O=C(C=Cc1ccc(Br)cc1)N1CCC1. The first kappa shape index (κ1) is 10.4. The Morgan fingerprint density at radius 1 is 1.27 bits per heavy atom. The third kappa shape index (κ3) is 2.69. The molecule has 1 aliphatic heterocycles. The largest absolute Gasteiger partial charge is 0.339 e. The monoisotopic (exact) mass is 265 g/mol. The number of carbonyl (C=O) groups excluding carboxylic acids is 1. The van der Waals surface area contributed by atoms with E-state index >= 15 is 0 Å². The van der Waals surface area contributed by atoms with Crippen molar-refractivity contribution >= 4 is 27.9 Å². The summed E-state index contributed by atoms with van der Waals surface area (Å²) in [6.45, 7) is 1.81. The average Bonchev–Trinajstić information content (AvgIpc) is 2.14.